The molecule has 40 heavy (non-hydrogen) atoms. The van der Waals surface area contributed by atoms with Crippen molar-refractivity contribution in [2.45, 2.75) is 32.2 Å². The molecule has 0 amide bonds. The van der Waals surface area contributed by atoms with Gasteiger partial charge in [0.25, 0.3) is 0 Å². The lowest BCUT2D eigenvalue weighted by atomic mass is 10.1. The fourth-order valence-corrected chi connectivity index (χ4v) is 3.36. The van der Waals surface area contributed by atoms with Gasteiger partial charge in [-0.05, 0) is 62.2 Å². The Hall–Kier alpha value is -4.71. The second-order valence-corrected chi connectivity index (χ2v) is 8.37. The van der Waals surface area contributed by atoms with E-state index in [-0.39, 0.29) is 0 Å². The summed E-state index contributed by atoms with van der Waals surface area (Å²) in [6, 6.07) is 12.5. The minimum atomic E-state index is -1.26. The van der Waals surface area contributed by atoms with Gasteiger partial charge in [0.1, 0.15) is 5.75 Å². The van der Waals surface area contributed by atoms with Crippen LogP contribution in [0.1, 0.15) is 31.2 Å². The Labute approximate surface area is 232 Å². The van der Waals surface area contributed by atoms with Gasteiger partial charge >= 0.3 is 23.9 Å². The molecule has 0 saturated carbocycles. The number of carboxylic acids is 4. The van der Waals surface area contributed by atoms with Gasteiger partial charge in [-0.1, -0.05) is 18.6 Å². The molecule has 2 heterocycles. The maximum atomic E-state index is 9.55. The van der Waals surface area contributed by atoms with Crippen LogP contribution in [0, 0.1) is 0 Å². The Kier molecular flexibility index (Phi) is 16.9. The molecule has 0 radical (unpaired) electrons. The largest absolute Gasteiger partial charge is 0.494 e. The Morgan fingerprint density at radius 1 is 0.850 bits per heavy atom. The smallest absolute Gasteiger partial charge is 0.328 e. The molecule has 1 aliphatic heterocycles. The van der Waals surface area contributed by atoms with Crippen molar-refractivity contribution in [1.29, 1.82) is 0 Å². The van der Waals surface area contributed by atoms with Crippen LogP contribution in [0.5, 0.6) is 5.75 Å². The summed E-state index contributed by atoms with van der Waals surface area (Å²) in [6.07, 6.45) is 10.9. The number of hydrogen-bond acceptors (Lipinski definition) is 8. The van der Waals surface area contributed by atoms with Crippen LogP contribution in [0.4, 0.5) is 5.69 Å². The van der Waals surface area contributed by atoms with Crippen LogP contribution >= 0.6 is 0 Å². The van der Waals surface area contributed by atoms with E-state index in [2.05, 4.69) is 33.4 Å². The molecule has 3 rings (SSSR count). The van der Waals surface area contributed by atoms with Crippen LogP contribution in [0.25, 0.3) is 0 Å². The molecule has 1 aromatic carbocycles. The third kappa shape index (κ3) is 18.5. The van der Waals surface area contributed by atoms with Gasteiger partial charge in [0.2, 0.25) is 0 Å². The van der Waals surface area contributed by atoms with Gasteiger partial charge in [-0.15, -0.1) is 0 Å². The van der Waals surface area contributed by atoms with Crippen LogP contribution < -0.4 is 10.1 Å². The molecule has 12 nitrogen and oxygen atoms in total. The van der Waals surface area contributed by atoms with Crippen molar-refractivity contribution >= 4 is 29.6 Å². The number of aliphatic carboxylic acids is 4. The lowest BCUT2D eigenvalue weighted by molar-refractivity contribution is -0.134. The molecule has 1 saturated heterocycles. The van der Waals surface area contributed by atoms with E-state index >= 15 is 0 Å². The molecule has 216 valence electrons. The molecule has 5 N–H and O–H groups in total. The number of likely N-dealkylation sites (tertiary alicyclic amines) is 1. The van der Waals surface area contributed by atoms with Crippen LogP contribution in [0.15, 0.2) is 73.1 Å². The van der Waals surface area contributed by atoms with Crippen LogP contribution in [-0.2, 0) is 25.7 Å². The van der Waals surface area contributed by atoms with Crippen molar-refractivity contribution in [1.82, 2.24) is 9.88 Å². The number of aromatic nitrogens is 1. The quantitative estimate of drug-likeness (QED) is 0.189. The number of piperidine rings is 1. The van der Waals surface area contributed by atoms with E-state index in [1.54, 1.807) is 6.20 Å². The summed E-state index contributed by atoms with van der Waals surface area (Å²) in [5.41, 5.74) is 2.41. The molecule has 0 spiro atoms. The SMILES string of the molecule is O=C(O)/C=C\C(=O)O.O=C(O)/C=C\C(=O)O.c1cncc(NCCCOc2cccc(CN3CCCCC3)c2)c1. The van der Waals surface area contributed by atoms with Gasteiger partial charge < -0.3 is 30.5 Å². The van der Waals surface area contributed by atoms with Crippen LogP contribution in [0.3, 0.4) is 0 Å². The summed E-state index contributed by atoms with van der Waals surface area (Å²) in [4.78, 5) is 44.8. The number of nitrogens with zero attached hydrogens (tertiary/aromatic N) is 2. The fourth-order valence-electron chi connectivity index (χ4n) is 3.36. The highest BCUT2D eigenvalue weighted by Crippen LogP contribution is 2.17. The first-order valence-electron chi connectivity index (χ1n) is 12.5. The summed E-state index contributed by atoms with van der Waals surface area (Å²) >= 11 is 0. The van der Waals surface area contributed by atoms with E-state index in [9.17, 15) is 19.2 Å². The number of nitrogens with one attached hydrogen (secondary N) is 1. The first-order valence-corrected chi connectivity index (χ1v) is 12.5. The van der Waals surface area contributed by atoms with Crippen molar-refractivity contribution < 1.29 is 44.3 Å². The Bertz CT molecular complexity index is 1050. The first-order chi connectivity index (χ1) is 19.2. The molecule has 0 bridgehead atoms. The zero-order chi connectivity index (χ0) is 29.6. The third-order valence-electron chi connectivity index (χ3n) is 5.07. The summed E-state index contributed by atoms with van der Waals surface area (Å²) < 4.78 is 5.90. The Morgan fingerprint density at radius 2 is 1.45 bits per heavy atom. The van der Waals surface area contributed by atoms with E-state index in [4.69, 9.17) is 25.2 Å². The topological polar surface area (TPSA) is 187 Å². The number of benzene rings is 1. The van der Waals surface area contributed by atoms with E-state index in [0.717, 1.165) is 37.6 Å². The Balaban J connectivity index is 0.000000412. The third-order valence-corrected chi connectivity index (χ3v) is 5.07. The average Bonchev–Trinajstić information content (AvgIpc) is 2.93. The number of carboxylic acid groups (broad SMARTS) is 4. The molecular formula is C28H35N3O9. The van der Waals surface area contributed by atoms with E-state index in [1.807, 2.05) is 24.4 Å². The summed E-state index contributed by atoms with van der Waals surface area (Å²) in [5, 5.41) is 34.6. The molecular weight excluding hydrogens is 522 g/mol. The first kappa shape index (κ1) is 33.3. The van der Waals surface area contributed by atoms with Crippen LogP contribution in [0.2, 0.25) is 0 Å². The number of ether oxygens (including phenoxy) is 1. The molecule has 0 unspecified atom stereocenters. The van der Waals surface area contributed by atoms with E-state index < -0.39 is 23.9 Å². The minimum Gasteiger partial charge on any atom is -0.494 e. The van der Waals surface area contributed by atoms with Gasteiger partial charge in [0.05, 0.1) is 12.3 Å². The molecule has 2 aromatic rings. The zero-order valence-corrected chi connectivity index (χ0v) is 22.0. The maximum absolute atomic E-state index is 9.55. The van der Waals surface area contributed by atoms with Crippen molar-refractivity contribution in [3.63, 3.8) is 0 Å². The number of rotatable bonds is 12. The zero-order valence-electron chi connectivity index (χ0n) is 22.0. The highest BCUT2D eigenvalue weighted by molar-refractivity contribution is 5.90. The predicted molar refractivity (Wildman–Crippen MR) is 147 cm³/mol. The van der Waals surface area contributed by atoms with Gasteiger partial charge in [0, 0.05) is 49.8 Å². The van der Waals surface area contributed by atoms with Gasteiger partial charge in [-0.2, -0.15) is 0 Å². The molecule has 0 aliphatic carbocycles. The van der Waals surface area contributed by atoms with Crippen LogP contribution in [-0.4, -0.2) is 80.4 Å². The van der Waals surface area contributed by atoms with Gasteiger partial charge in [0.15, 0.2) is 0 Å². The summed E-state index contributed by atoms with van der Waals surface area (Å²) in [5.74, 6) is -4.05. The number of hydrogen-bond donors (Lipinski definition) is 5. The number of anilines is 1. The number of carbonyl (C=O) groups is 4. The van der Waals surface area contributed by atoms with Gasteiger partial charge in [-0.3, -0.25) is 9.88 Å². The van der Waals surface area contributed by atoms with Crippen molar-refractivity contribution in [2.75, 3.05) is 31.6 Å². The second kappa shape index (κ2) is 20.3. The number of pyridine rings is 1. The monoisotopic (exact) mass is 557 g/mol. The average molecular weight is 558 g/mol. The second-order valence-electron chi connectivity index (χ2n) is 8.37. The maximum Gasteiger partial charge on any atom is 0.328 e. The highest BCUT2D eigenvalue weighted by Gasteiger charge is 2.10. The van der Waals surface area contributed by atoms with Crippen molar-refractivity contribution in [3.8, 4) is 5.75 Å². The molecule has 1 aromatic heterocycles. The van der Waals surface area contributed by atoms with E-state index in [0.29, 0.717) is 24.3 Å². The van der Waals surface area contributed by atoms with E-state index in [1.165, 1.54) is 37.9 Å². The normalized spacial score (nSPS) is 12.9. The lowest BCUT2D eigenvalue weighted by Crippen LogP contribution is -2.29. The predicted octanol–water partition coefficient (Wildman–Crippen LogP) is 3.37. The summed E-state index contributed by atoms with van der Waals surface area (Å²) in [7, 11) is 0. The van der Waals surface area contributed by atoms with Gasteiger partial charge in [-0.25, -0.2) is 19.2 Å². The summed E-state index contributed by atoms with van der Waals surface area (Å²) in [6.45, 7) is 5.11. The minimum absolute atomic E-state index is 0.558. The molecule has 1 aliphatic rings. The van der Waals surface area contributed by atoms with Crippen molar-refractivity contribution in [3.05, 3.63) is 78.7 Å². The standard InChI is InChI=1S/C20H27N3O.2C4H4O4/c1-2-12-23(13-3-1)17-18-7-4-9-20(15-18)24-14-6-11-22-19-8-5-10-21-16-19;2*5-3(6)1-2-4(7)8/h4-5,7-10,15-16,22H,1-3,6,11-14,17H2;2*1-2H,(H,5,6)(H,7,8)/b;2*2-1-. The fraction of sp³-hybridized carbons (Fsp3) is 0.321. The molecule has 1 fully saturated rings. The molecule has 12 heteroatoms. The molecule has 0 atom stereocenters. The lowest BCUT2D eigenvalue weighted by Gasteiger charge is -2.26. The Morgan fingerprint density at radius 3 is 1.98 bits per heavy atom. The highest BCUT2D eigenvalue weighted by atomic mass is 16.5. The van der Waals surface area contributed by atoms with Crippen molar-refractivity contribution in [2.24, 2.45) is 0 Å².